The highest BCUT2D eigenvalue weighted by Crippen LogP contribution is 2.11. The molecule has 1 atom stereocenters. The normalized spacial score (nSPS) is 16.3. The number of aromatic nitrogens is 1. The number of benzene rings is 1. The highest BCUT2D eigenvalue weighted by Gasteiger charge is 2.28. The Hall–Kier alpha value is -2.73. The maximum Gasteiger partial charge on any atom is 0.238 e. The Bertz CT molecular complexity index is 736. The molecule has 1 unspecified atom stereocenters. The second kappa shape index (κ2) is 8.58. The molecule has 0 aliphatic carbocycles. The monoisotopic (exact) mass is 352 g/mol. The molecule has 0 saturated carbocycles. The molecular weight excluding hydrogens is 328 g/mol. The van der Waals surface area contributed by atoms with Crippen LogP contribution in [0, 0.1) is 0 Å². The van der Waals surface area contributed by atoms with Crippen molar-refractivity contribution in [3.63, 3.8) is 0 Å². The van der Waals surface area contributed by atoms with Gasteiger partial charge in [0, 0.05) is 32.0 Å². The Labute approximate surface area is 153 Å². The van der Waals surface area contributed by atoms with E-state index in [2.05, 4.69) is 15.2 Å². The van der Waals surface area contributed by atoms with Crippen molar-refractivity contribution in [1.82, 2.24) is 20.1 Å². The Morgan fingerprint density at radius 2 is 1.85 bits per heavy atom. The Kier molecular flexibility index (Phi) is 5.96. The zero-order valence-corrected chi connectivity index (χ0v) is 15.0. The summed E-state index contributed by atoms with van der Waals surface area (Å²) < 4.78 is 0. The Balaban J connectivity index is 1.49. The quantitative estimate of drug-likeness (QED) is 0.854. The molecule has 136 valence electrons. The van der Waals surface area contributed by atoms with E-state index in [-0.39, 0.29) is 18.0 Å². The van der Waals surface area contributed by atoms with Crippen LogP contribution in [0.25, 0.3) is 0 Å². The van der Waals surface area contributed by atoms with Gasteiger partial charge in [0.25, 0.3) is 0 Å². The van der Waals surface area contributed by atoms with Gasteiger partial charge in [0.1, 0.15) is 6.17 Å². The minimum atomic E-state index is -0.304. The largest absolute Gasteiger partial charge is 0.336 e. The smallest absolute Gasteiger partial charge is 0.238 e. The summed E-state index contributed by atoms with van der Waals surface area (Å²) in [6.45, 7) is 4.35. The molecule has 0 spiro atoms. The molecule has 6 nitrogen and oxygen atoms in total. The van der Waals surface area contributed by atoms with Gasteiger partial charge in [-0.2, -0.15) is 0 Å². The fourth-order valence-electron chi connectivity index (χ4n) is 3.17. The van der Waals surface area contributed by atoms with E-state index in [9.17, 15) is 9.59 Å². The van der Waals surface area contributed by atoms with Crippen molar-refractivity contribution in [2.75, 3.05) is 19.6 Å². The fourth-order valence-corrected chi connectivity index (χ4v) is 3.17. The standard InChI is InChI=1S/C20H24N4O2/c1-16(22-19(25)13-17-5-3-2-4-6-17)24-12-11-23(15-20(24)26)14-18-7-9-21-10-8-18/h2-10,16H,11-15H2,1H3,(H,22,25). The first-order valence-electron chi connectivity index (χ1n) is 8.86. The molecule has 2 amide bonds. The minimum absolute atomic E-state index is 0.0396. The molecule has 26 heavy (non-hydrogen) atoms. The van der Waals surface area contributed by atoms with E-state index in [0.717, 1.165) is 24.2 Å². The number of carbonyl (C=O) groups is 2. The van der Waals surface area contributed by atoms with E-state index in [4.69, 9.17) is 0 Å². The van der Waals surface area contributed by atoms with Gasteiger partial charge < -0.3 is 10.2 Å². The topological polar surface area (TPSA) is 65.5 Å². The minimum Gasteiger partial charge on any atom is -0.336 e. The van der Waals surface area contributed by atoms with Crippen LogP contribution in [-0.2, 0) is 22.6 Å². The molecule has 1 aromatic heterocycles. The number of amides is 2. The molecule has 1 aliphatic heterocycles. The second-order valence-corrected chi connectivity index (χ2v) is 6.56. The molecule has 6 heteroatoms. The van der Waals surface area contributed by atoms with Crippen LogP contribution >= 0.6 is 0 Å². The molecule has 2 aromatic rings. The van der Waals surface area contributed by atoms with E-state index in [1.165, 1.54) is 0 Å². The number of hydrogen-bond donors (Lipinski definition) is 1. The van der Waals surface area contributed by atoms with Crippen molar-refractivity contribution in [1.29, 1.82) is 0 Å². The van der Waals surface area contributed by atoms with E-state index in [1.807, 2.05) is 49.4 Å². The third-order valence-corrected chi connectivity index (χ3v) is 4.54. The maximum atomic E-state index is 12.5. The van der Waals surface area contributed by atoms with Crippen molar-refractivity contribution in [3.8, 4) is 0 Å². The van der Waals surface area contributed by atoms with Gasteiger partial charge in [-0.25, -0.2) is 0 Å². The maximum absolute atomic E-state index is 12.5. The first-order valence-corrected chi connectivity index (χ1v) is 8.86. The Morgan fingerprint density at radius 3 is 2.54 bits per heavy atom. The number of carbonyl (C=O) groups excluding carboxylic acids is 2. The van der Waals surface area contributed by atoms with Crippen LogP contribution in [0.5, 0.6) is 0 Å². The summed E-state index contributed by atoms with van der Waals surface area (Å²) in [5, 5.41) is 2.93. The summed E-state index contributed by atoms with van der Waals surface area (Å²) in [4.78, 5) is 32.6. The lowest BCUT2D eigenvalue weighted by Gasteiger charge is -2.38. The van der Waals surface area contributed by atoms with Crippen LogP contribution in [-0.4, -0.2) is 52.4 Å². The van der Waals surface area contributed by atoms with Gasteiger partial charge in [-0.3, -0.25) is 19.5 Å². The number of nitrogens with one attached hydrogen (secondary N) is 1. The molecule has 3 rings (SSSR count). The van der Waals surface area contributed by atoms with Crippen molar-refractivity contribution in [2.45, 2.75) is 26.1 Å². The van der Waals surface area contributed by atoms with Gasteiger partial charge in [0.15, 0.2) is 0 Å². The predicted octanol–water partition coefficient (Wildman–Crippen LogP) is 1.43. The third-order valence-electron chi connectivity index (χ3n) is 4.54. The summed E-state index contributed by atoms with van der Waals surface area (Å²) in [6, 6.07) is 13.5. The molecule has 1 aliphatic rings. The second-order valence-electron chi connectivity index (χ2n) is 6.56. The predicted molar refractivity (Wildman–Crippen MR) is 99.0 cm³/mol. The molecule has 1 fully saturated rings. The lowest BCUT2D eigenvalue weighted by atomic mass is 10.1. The molecule has 2 heterocycles. The molecule has 1 saturated heterocycles. The average molecular weight is 352 g/mol. The summed E-state index contributed by atoms with van der Waals surface area (Å²) in [5.41, 5.74) is 2.11. The average Bonchev–Trinajstić information content (AvgIpc) is 2.63. The van der Waals surface area contributed by atoms with E-state index < -0.39 is 0 Å². The summed E-state index contributed by atoms with van der Waals surface area (Å²) in [7, 11) is 0. The highest BCUT2D eigenvalue weighted by molar-refractivity contribution is 5.82. The SMILES string of the molecule is CC(NC(=O)Cc1ccccc1)N1CCN(Cc2ccncc2)CC1=O. The third kappa shape index (κ3) is 4.89. The zero-order chi connectivity index (χ0) is 18.4. The molecular formula is C20H24N4O2. The van der Waals surface area contributed by atoms with Crippen molar-refractivity contribution < 1.29 is 9.59 Å². The summed E-state index contributed by atoms with van der Waals surface area (Å²) in [5.74, 6) is -0.0338. The Morgan fingerprint density at radius 1 is 1.12 bits per heavy atom. The number of rotatable bonds is 6. The number of hydrogen-bond acceptors (Lipinski definition) is 4. The number of piperazine rings is 1. The van der Waals surface area contributed by atoms with Crippen molar-refractivity contribution in [2.24, 2.45) is 0 Å². The van der Waals surface area contributed by atoms with Crippen LogP contribution in [0.1, 0.15) is 18.1 Å². The van der Waals surface area contributed by atoms with Gasteiger partial charge in [0.2, 0.25) is 11.8 Å². The summed E-state index contributed by atoms with van der Waals surface area (Å²) >= 11 is 0. The molecule has 0 radical (unpaired) electrons. The van der Waals surface area contributed by atoms with Crippen molar-refractivity contribution >= 4 is 11.8 Å². The van der Waals surface area contributed by atoms with Crippen molar-refractivity contribution in [3.05, 3.63) is 66.0 Å². The van der Waals surface area contributed by atoms with Gasteiger partial charge in [-0.1, -0.05) is 30.3 Å². The van der Waals surface area contributed by atoms with E-state index >= 15 is 0 Å². The lowest BCUT2D eigenvalue weighted by molar-refractivity contribution is -0.140. The van der Waals surface area contributed by atoms with E-state index in [1.54, 1.807) is 17.3 Å². The number of nitrogens with zero attached hydrogens (tertiary/aromatic N) is 3. The van der Waals surface area contributed by atoms with E-state index in [0.29, 0.717) is 19.5 Å². The van der Waals surface area contributed by atoms with Gasteiger partial charge in [-0.15, -0.1) is 0 Å². The molecule has 0 bridgehead atoms. The van der Waals surface area contributed by atoms with Gasteiger partial charge >= 0.3 is 0 Å². The van der Waals surface area contributed by atoms with Crippen LogP contribution in [0.4, 0.5) is 0 Å². The van der Waals surface area contributed by atoms with Crippen LogP contribution < -0.4 is 5.32 Å². The van der Waals surface area contributed by atoms with Crippen LogP contribution in [0.15, 0.2) is 54.9 Å². The fraction of sp³-hybridized carbons (Fsp3) is 0.350. The highest BCUT2D eigenvalue weighted by atomic mass is 16.2. The molecule has 1 aromatic carbocycles. The first-order chi connectivity index (χ1) is 12.6. The summed E-state index contributed by atoms with van der Waals surface area (Å²) in [6.07, 6.45) is 3.54. The van der Waals surface area contributed by atoms with Crippen LogP contribution in [0.3, 0.4) is 0 Å². The first kappa shape index (κ1) is 18.1. The molecule has 1 N–H and O–H groups in total. The van der Waals surface area contributed by atoms with Crippen LogP contribution in [0.2, 0.25) is 0 Å². The van der Waals surface area contributed by atoms with Gasteiger partial charge in [-0.05, 0) is 30.2 Å². The number of pyridine rings is 1. The van der Waals surface area contributed by atoms with Gasteiger partial charge in [0.05, 0.1) is 13.0 Å². The zero-order valence-electron chi connectivity index (χ0n) is 15.0. The lowest BCUT2D eigenvalue weighted by Crippen LogP contribution is -2.57.